The molecule has 2 heterocycles. The molecular weight excluding hydrogens is 266 g/mol. The van der Waals surface area contributed by atoms with Crippen molar-refractivity contribution in [1.82, 2.24) is 19.6 Å². The lowest BCUT2D eigenvalue weighted by Gasteiger charge is -2.01. The van der Waals surface area contributed by atoms with E-state index >= 15 is 0 Å². The van der Waals surface area contributed by atoms with E-state index in [0.717, 1.165) is 5.56 Å². The predicted octanol–water partition coefficient (Wildman–Crippen LogP) is 1.85. The Labute approximate surface area is 120 Å². The van der Waals surface area contributed by atoms with Crippen LogP contribution in [0.2, 0.25) is 0 Å². The number of nitrogens with zero attached hydrogens (tertiary/aromatic N) is 4. The van der Waals surface area contributed by atoms with Gasteiger partial charge < -0.3 is 0 Å². The summed E-state index contributed by atoms with van der Waals surface area (Å²) in [5, 5.41) is 11.6. The normalized spacial score (nSPS) is 10.7. The van der Waals surface area contributed by atoms with Crippen molar-refractivity contribution in [2.45, 2.75) is 19.8 Å². The zero-order chi connectivity index (χ0) is 14.8. The van der Waals surface area contributed by atoms with Crippen LogP contribution in [0.5, 0.6) is 0 Å². The molecule has 0 aliphatic carbocycles. The third-order valence-corrected chi connectivity index (χ3v) is 3.33. The molecule has 0 spiro atoms. The van der Waals surface area contributed by atoms with Gasteiger partial charge in [0.05, 0.1) is 11.8 Å². The van der Waals surface area contributed by atoms with Crippen molar-refractivity contribution >= 4 is 5.78 Å². The van der Waals surface area contributed by atoms with Crippen LogP contribution in [0.3, 0.4) is 0 Å². The molecule has 104 valence electrons. The second-order valence-corrected chi connectivity index (χ2v) is 4.71. The van der Waals surface area contributed by atoms with E-state index in [1.165, 1.54) is 4.52 Å². The molecule has 3 aromatic rings. The number of hydrogen-bond acceptors (Lipinski definition) is 4. The molecule has 0 aliphatic heterocycles. The molecule has 0 amide bonds. The van der Waals surface area contributed by atoms with Crippen LogP contribution < -0.4 is 5.56 Å². The molecule has 0 saturated heterocycles. The van der Waals surface area contributed by atoms with Crippen LogP contribution >= 0.6 is 0 Å². The number of nitrogens with one attached hydrogen (secondary N) is 1. The fraction of sp³-hybridized carbons (Fsp3) is 0.200. The second-order valence-electron chi connectivity index (χ2n) is 4.71. The van der Waals surface area contributed by atoms with Gasteiger partial charge in [-0.05, 0) is 13.3 Å². The van der Waals surface area contributed by atoms with E-state index in [2.05, 4.69) is 15.1 Å². The first-order chi connectivity index (χ1) is 10.2. The van der Waals surface area contributed by atoms with Crippen LogP contribution in [-0.2, 0) is 6.42 Å². The average Bonchev–Trinajstić information content (AvgIpc) is 2.92. The zero-order valence-corrected chi connectivity index (χ0v) is 11.5. The Morgan fingerprint density at radius 3 is 2.76 bits per heavy atom. The summed E-state index contributed by atoms with van der Waals surface area (Å²) in [5.74, 6) is 0.939. The maximum atomic E-state index is 12.4. The van der Waals surface area contributed by atoms with Crippen LogP contribution in [0, 0.1) is 18.3 Å². The summed E-state index contributed by atoms with van der Waals surface area (Å²) < 4.78 is 1.34. The molecule has 2 aromatic heterocycles. The molecule has 0 unspecified atom stereocenters. The highest BCUT2D eigenvalue weighted by molar-refractivity contribution is 5.56. The third-order valence-electron chi connectivity index (χ3n) is 3.33. The van der Waals surface area contributed by atoms with Gasteiger partial charge in [-0.3, -0.25) is 9.89 Å². The second kappa shape index (κ2) is 5.21. The predicted molar refractivity (Wildman–Crippen MR) is 77.7 cm³/mol. The van der Waals surface area contributed by atoms with Crippen molar-refractivity contribution in [1.29, 1.82) is 5.26 Å². The van der Waals surface area contributed by atoms with Gasteiger partial charge in [-0.2, -0.15) is 14.8 Å². The van der Waals surface area contributed by atoms with Crippen molar-refractivity contribution in [2.24, 2.45) is 0 Å². The highest BCUT2D eigenvalue weighted by Crippen LogP contribution is 2.14. The maximum Gasteiger partial charge on any atom is 0.277 e. The monoisotopic (exact) mass is 279 g/mol. The number of nitriles is 1. The number of rotatable bonds is 3. The molecule has 21 heavy (non-hydrogen) atoms. The number of hydrogen-bond donors (Lipinski definition) is 1. The Morgan fingerprint density at radius 1 is 1.29 bits per heavy atom. The Morgan fingerprint density at radius 2 is 2.05 bits per heavy atom. The molecular formula is C15H13N5O. The highest BCUT2D eigenvalue weighted by atomic mass is 16.1. The van der Waals surface area contributed by atoms with Crippen molar-refractivity contribution in [3.63, 3.8) is 0 Å². The van der Waals surface area contributed by atoms with Gasteiger partial charge in [0.15, 0.2) is 5.82 Å². The molecule has 6 nitrogen and oxygen atoms in total. The first-order valence-electron chi connectivity index (χ1n) is 6.61. The number of aromatic nitrogens is 4. The van der Waals surface area contributed by atoms with Gasteiger partial charge in [0, 0.05) is 17.5 Å². The quantitative estimate of drug-likeness (QED) is 0.792. The van der Waals surface area contributed by atoms with Crippen LogP contribution in [0.25, 0.3) is 17.2 Å². The maximum absolute atomic E-state index is 12.4. The van der Waals surface area contributed by atoms with Crippen molar-refractivity contribution < 1.29 is 0 Å². The molecule has 1 N–H and O–H groups in total. The smallest absolute Gasteiger partial charge is 0.271 e. The topological polar surface area (TPSA) is 86.8 Å². The summed E-state index contributed by atoms with van der Waals surface area (Å²) in [4.78, 5) is 21.1. The van der Waals surface area contributed by atoms with Gasteiger partial charge in [-0.25, -0.2) is 4.98 Å². The largest absolute Gasteiger partial charge is 0.277 e. The first-order valence-corrected chi connectivity index (χ1v) is 6.61. The minimum atomic E-state index is -0.192. The minimum Gasteiger partial charge on any atom is -0.271 e. The Bertz CT molecular complexity index is 886. The first kappa shape index (κ1) is 13.1. The summed E-state index contributed by atoms with van der Waals surface area (Å²) >= 11 is 0. The number of aryl methyl sites for hydroxylation is 1. The van der Waals surface area contributed by atoms with E-state index in [9.17, 15) is 4.79 Å². The summed E-state index contributed by atoms with van der Waals surface area (Å²) in [7, 11) is 0. The Kier molecular flexibility index (Phi) is 3.24. The van der Waals surface area contributed by atoms with Crippen molar-refractivity contribution in [2.75, 3.05) is 0 Å². The van der Waals surface area contributed by atoms with E-state index in [4.69, 9.17) is 5.26 Å². The van der Waals surface area contributed by atoms with Crippen LogP contribution in [0.1, 0.15) is 17.7 Å². The molecule has 0 bridgehead atoms. The lowest BCUT2D eigenvalue weighted by molar-refractivity contribution is 0.839. The fourth-order valence-electron chi connectivity index (χ4n) is 2.25. The number of aromatic amines is 1. The molecule has 0 saturated carbocycles. The number of benzene rings is 1. The van der Waals surface area contributed by atoms with Gasteiger partial charge in [-0.15, -0.1) is 0 Å². The highest BCUT2D eigenvalue weighted by Gasteiger charge is 2.13. The molecule has 0 fully saturated rings. The van der Waals surface area contributed by atoms with E-state index < -0.39 is 0 Å². The van der Waals surface area contributed by atoms with E-state index in [1.807, 2.05) is 36.4 Å². The lowest BCUT2D eigenvalue weighted by Crippen LogP contribution is -2.21. The van der Waals surface area contributed by atoms with Gasteiger partial charge in [0.1, 0.15) is 0 Å². The summed E-state index contributed by atoms with van der Waals surface area (Å²) in [6, 6.07) is 11.6. The molecule has 3 rings (SSSR count). The van der Waals surface area contributed by atoms with Crippen LogP contribution in [-0.4, -0.2) is 19.6 Å². The van der Waals surface area contributed by atoms with E-state index in [-0.39, 0.29) is 5.56 Å². The SMILES string of the molecule is Cc1nc2nc(-c3ccccc3)[nH]n2c(=O)c1CCC#N. The average molecular weight is 279 g/mol. The van der Waals surface area contributed by atoms with Gasteiger partial charge in [0.2, 0.25) is 0 Å². The zero-order valence-electron chi connectivity index (χ0n) is 11.5. The Balaban J connectivity index is 2.17. The molecule has 0 aliphatic rings. The third kappa shape index (κ3) is 2.30. The lowest BCUT2D eigenvalue weighted by atomic mass is 10.1. The fourth-order valence-corrected chi connectivity index (χ4v) is 2.25. The minimum absolute atomic E-state index is 0.192. The summed E-state index contributed by atoms with van der Waals surface area (Å²) in [6.45, 7) is 1.77. The molecule has 0 radical (unpaired) electrons. The number of fused-ring (bicyclic) bond motifs is 1. The standard InChI is InChI=1S/C15H13N5O/c1-10-12(8-5-9-16)14(21)20-15(17-10)18-13(19-20)11-6-3-2-4-7-11/h2-4,6-7H,5,8H2,1H3,(H,17,18,19). The summed E-state index contributed by atoms with van der Waals surface area (Å²) in [5.41, 5.74) is 1.87. The molecule has 1 aromatic carbocycles. The van der Waals surface area contributed by atoms with E-state index in [0.29, 0.717) is 35.7 Å². The van der Waals surface area contributed by atoms with Gasteiger partial charge >= 0.3 is 0 Å². The van der Waals surface area contributed by atoms with E-state index in [1.54, 1.807) is 6.92 Å². The molecule has 6 heteroatoms. The molecule has 0 atom stereocenters. The van der Waals surface area contributed by atoms with Crippen LogP contribution in [0.15, 0.2) is 35.1 Å². The number of H-pyrrole nitrogens is 1. The van der Waals surface area contributed by atoms with Crippen molar-refractivity contribution in [3.8, 4) is 17.5 Å². The van der Waals surface area contributed by atoms with Crippen molar-refractivity contribution in [3.05, 3.63) is 51.9 Å². The van der Waals surface area contributed by atoms with Crippen LogP contribution in [0.4, 0.5) is 0 Å². The Hall–Kier alpha value is -2.94. The van der Waals surface area contributed by atoms with Gasteiger partial charge in [0.25, 0.3) is 11.3 Å². The van der Waals surface area contributed by atoms with Gasteiger partial charge in [-0.1, -0.05) is 30.3 Å². The summed E-state index contributed by atoms with van der Waals surface area (Å²) in [6.07, 6.45) is 0.695.